The molecule has 1 amide bonds. The lowest BCUT2D eigenvalue weighted by Crippen LogP contribution is -2.35. The molecule has 0 radical (unpaired) electrons. The lowest BCUT2D eigenvalue weighted by atomic mass is 10.1. The van der Waals surface area contributed by atoms with Gasteiger partial charge in [0.15, 0.2) is 9.84 Å². The third-order valence-electron chi connectivity index (χ3n) is 4.11. The summed E-state index contributed by atoms with van der Waals surface area (Å²) >= 11 is 0. The number of aromatic nitrogens is 2. The topological polar surface area (TPSA) is 92.3 Å². The molecule has 7 nitrogen and oxygen atoms in total. The lowest BCUT2D eigenvalue weighted by Gasteiger charge is -2.26. The van der Waals surface area contributed by atoms with Crippen LogP contribution in [0.1, 0.15) is 36.0 Å². The Hall–Kier alpha value is -1.70. The van der Waals surface area contributed by atoms with Gasteiger partial charge in [-0.3, -0.25) is 4.79 Å². The van der Waals surface area contributed by atoms with Crippen LogP contribution < -0.4 is 5.32 Å². The molecule has 0 aromatic carbocycles. The van der Waals surface area contributed by atoms with Gasteiger partial charge in [0.05, 0.1) is 17.1 Å². The monoisotopic (exact) mass is 324 g/mol. The average Bonchev–Trinajstić information content (AvgIpc) is 2.87. The van der Waals surface area contributed by atoms with E-state index < -0.39 is 9.84 Å². The third-order valence-corrected chi connectivity index (χ3v) is 5.88. The number of hydrogen-bond acceptors (Lipinski definition) is 6. The molecule has 2 aliphatic heterocycles. The van der Waals surface area contributed by atoms with Crippen LogP contribution in [-0.4, -0.2) is 59.8 Å². The summed E-state index contributed by atoms with van der Waals surface area (Å²) in [6, 6.07) is -0.145. The van der Waals surface area contributed by atoms with Gasteiger partial charge >= 0.3 is 0 Å². The number of hydrogen-bond donors (Lipinski definition) is 1. The zero-order valence-electron chi connectivity index (χ0n) is 12.4. The van der Waals surface area contributed by atoms with Crippen molar-refractivity contribution in [2.24, 2.45) is 0 Å². The van der Waals surface area contributed by atoms with Crippen molar-refractivity contribution < 1.29 is 13.2 Å². The van der Waals surface area contributed by atoms with E-state index in [9.17, 15) is 13.2 Å². The second-order valence-corrected chi connectivity index (χ2v) is 8.12. The zero-order chi connectivity index (χ0) is 15.6. The summed E-state index contributed by atoms with van der Waals surface area (Å²) in [5.74, 6) is 0.660. The van der Waals surface area contributed by atoms with Crippen molar-refractivity contribution in [3.8, 4) is 0 Å². The lowest BCUT2D eigenvalue weighted by molar-refractivity contribution is 0.0723. The molecule has 0 aliphatic carbocycles. The van der Waals surface area contributed by atoms with Gasteiger partial charge in [-0.25, -0.2) is 18.4 Å². The number of carbonyl (C=O) groups is 1. The fourth-order valence-corrected chi connectivity index (χ4v) is 4.56. The summed E-state index contributed by atoms with van der Waals surface area (Å²) in [5, 5.41) is 3.02. The first-order chi connectivity index (χ1) is 10.5. The Kier molecular flexibility index (Phi) is 4.28. The summed E-state index contributed by atoms with van der Waals surface area (Å²) in [6.07, 6.45) is 6.85. The molecule has 3 rings (SSSR count). The minimum absolute atomic E-state index is 0.0327. The van der Waals surface area contributed by atoms with Crippen molar-refractivity contribution in [1.82, 2.24) is 14.9 Å². The van der Waals surface area contributed by atoms with Crippen molar-refractivity contribution in [2.45, 2.75) is 31.7 Å². The molecule has 0 bridgehead atoms. The second-order valence-electron chi connectivity index (χ2n) is 5.89. The first kappa shape index (κ1) is 15.2. The normalized spacial score (nSPS) is 24.2. The van der Waals surface area contributed by atoms with Crippen LogP contribution in [0.3, 0.4) is 0 Å². The van der Waals surface area contributed by atoms with Crippen molar-refractivity contribution in [3.63, 3.8) is 0 Å². The molecule has 3 heterocycles. The molecule has 120 valence electrons. The van der Waals surface area contributed by atoms with E-state index in [1.807, 2.05) is 4.90 Å². The largest absolute Gasteiger partial charge is 0.350 e. The third kappa shape index (κ3) is 3.55. The molecule has 1 N–H and O–H groups in total. The van der Waals surface area contributed by atoms with Crippen LogP contribution in [0.5, 0.6) is 0 Å². The van der Waals surface area contributed by atoms with Crippen LogP contribution in [0, 0.1) is 0 Å². The highest BCUT2D eigenvalue weighted by Gasteiger charge is 2.28. The molecule has 1 atom stereocenters. The number of amides is 1. The van der Waals surface area contributed by atoms with Crippen LogP contribution in [-0.2, 0) is 9.84 Å². The van der Waals surface area contributed by atoms with Gasteiger partial charge in [-0.1, -0.05) is 0 Å². The highest BCUT2D eigenvalue weighted by molar-refractivity contribution is 7.91. The highest BCUT2D eigenvalue weighted by atomic mass is 32.2. The molecule has 0 saturated carbocycles. The maximum Gasteiger partial charge on any atom is 0.256 e. The first-order valence-corrected chi connectivity index (χ1v) is 9.44. The molecule has 1 unspecified atom stereocenters. The standard InChI is InChI=1S/C14H20N4O3S/c19-13(18-5-2-1-3-6-18)11-8-15-14(16-9-11)17-12-4-7-22(20,21)10-12/h8-9,12H,1-7,10H2,(H,15,16,17). The quantitative estimate of drug-likeness (QED) is 0.880. The maximum atomic E-state index is 12.3. The van der Waals surface area contributed by atoms with Crippen molar-refractivity contribution >= 4 is 21.7 Å². The second kappa shape index (κ2) is 6.20. The Morgan fingerprint density at radius 1 is 1.18 bits per heavy atom. The highest BCUT2D eigenvalue weighted by Crippen LogP contribution is 2.16. The Labute approximate surface area is 130 Å². The maximum absolute atomic E-state index is 12.3. The Morgan fingerprint density at radius 3 is 2.45 bits per heavy atom. The number of likely N-dealkylation sites (tertiary alicyclic amines) is 1. The van der Waals surface area contributed by atoms with Crippen molar-refractivity contribution in [2.75, 3.05) is 29.9 Å². The molecule has 1 aromatic heterocycles. The zero-order valence-corrected chi connectivity index (χ0v) is 13.2. The van der Waals surface area contributed by atoms with Crippen molar-refractivity contribution in [1.29, 1.82) is 0 Å². The predicted molar refractivity (Wildman–Crippen MR) is 82.5 cm³/mol. The van der Waals surface area contributed by atoms with Crippen LogP contribution in [0.15, 0.2) is 12.4 Å². The van der Waals surface area contributed by atoms with Gasteiger partial charge in [-0.2, -0.15) is 0 Å². The van der Waals surface area contributed by atoms with E-state index >= 15 is 0 Å². The van der Waals surface area contributed by atoms with Crippen LogP contribution >= 0.6 is 0 Å². The fourth-order valence-electron chi connectivity index (χ4n) is 2.88. The van der Waals surface area contributed by atoms with Gasteiger partial charge in [-0.15, -0.1) is 0 Å². The Morgan fingerprint density at radius 2 is 1.86 bits per heavy atom. The van der Waals surface area contributed by atoms with Crippen LogP contribution in [0.25, 0.3) is 0 Å². The predicted octanol–water partition coefficient (Wildman–Crippen LogP) is 0.702. The van der Waals surface area contributed by atoms with Crippen molar-refractivity contribution in [3.05, 3.63) is 18.0 Å². The summed E-state index contributed by atoms with van der Waals surface area (Å²) in [7, 11) is -2.93. The summed E-state index contributed by atoms with van der Waals surface area (Å²) in [6.45, 7) is 1.58. The van der Waals surface area contributed by atoms with Gasteiger partial charge in [0.25, 0.3) is 5.91 Å². The van der Waals surface area contributed by atoms with E-state index in [0.717, 1.165) is 25.9 Å². The van der Waals surface area contributed by atoms with Crippen LogP contribution in [0.2, 0.25) is 0 Å². The number of sulfone groups is 1. The molecule has 2 aliphatic rings. The minimum atomic E-state index is -2.93. The molecule has 2 saturated heterocycles. The molecule has 2 fully saturated rings. The van der Waals surface area contributed by atoms with Crippen LogP contribution in [0.4, 0.5) is 5.95 Å². The first-order valence-electron chi connectivity index (χ1n) is 7.62. The van der Waals surface area contributed by atoms with Gasteiger partial charge in [-0.05, 0) is 25.7 Å². The number of nitrogens with one attached hydrogen (secondary N) is 1. The van der Waals surface area contributed by atoms with E-state index in [4.69, 9.17) is 0 Å². The summed E-state index contributed by atoms with van der Waals surface area (Å²) in [4.78, 5) is 22.4. The average molecular weight is 324 g/mol. The van der Waals surface area contributed by atoms with Gasteiger partial charge < -0.3 is 10.2 Å². The number of rotatable bonds is 3. The molecular weight excluding hydrogens is 304 g/mol. The molecule has 0 spiro atoms. The number of carbonyl (C=O) groups excluding carboxylic acids is 1. The molecule has 1 aromatic rings. The van der Waals surface area contributed by atoms with E-state index in [2.05, 4.69) is 15.3 Å². The minimum Gasteiger partial charge on any atom is -0.350 e. The van der Waals surface area contributed by atoms with Gasteiger partial charge in [0.2, 0.25) is 5.95 Å². The Balaban J connectivity index is 1.61. The smallest absolute Gasteiger partial charge is 0.256 e. The number of piperidine rings is 1. The number of nitrogens with zero attached hydrogens (tertiary/aromatic N) is 3. The van der Waals surface area contributed by atoms with E-state index in [1.54, 1.807) is 0 Å². The van der Waals surface area contributed by atoms with E-state index in [0.29, 0.717) is 17.9 Å². The van der Waals surface area contributed by atoms with Gasteiger partial charge in [0.1, 0.15) is 0 Å². The summed E-state index contributed by atoms with van der Waals surface area (Å²) in [5.41, 5.74) is 0.478. The summed E-state index contributed by atoms with van der Waals surface area (Å²) < 4.78 is 22.8. The Bertz CT molecular complexity index is 639. The van der Waals surface area contributed by atoms with Gasteiger partial charge in [0, 0.05) is 31.5 Å². The fraction of sp³-hybridized carbons (Fsp3) is 0.643. The van der Waals surface area contributed by atoms with E-state index in [-0.39, 0.29) is 23.5 Å². The number of anilines is 1. The SMILES string of the molecule is O=C(c1cnc(NC2CCS(=O)(=O)C2)nc1)N1CCCCC1. The molecular formula is C14H20N4O3S. The molecule has 8 heteroatoms. The molecule has 22 heavy (non-hydrogen) atoms. The van der Waals surface area contributed by atoms with E-state index in [1.165, 1.54) is 18.8 Å².